The Balaban J connectivity index is 1.42. The third-order valence-electron chi connectivity index (χ3n) is 7.23. The second kappa shape index (κ2) is 12.5. The van der Waals surface area contributed by atoms with Crippen molar-refractivity contribution < 1.29 is 23.0 Å². The van der Waals surface area contributed by atoms with E-state index in [1.165, 1.54) is 26.5 Å². The molecule has 3 heterocycles. The number of piperazine rings is 1. The Morgan fingerprint density at radius 2 is 1.62 bits per heavy atom. The highest BCUT2D eigenvalue weighted by Crippen LogP contribution is 2.38. The van der Waals surface area contributed by atoms with Gasteiger partial charge in [0.05, 0.1) is 36.9 Å². The molecule has 1 aliphatic rings. The van der Waals surface area contributed by atoms with Gasteiger partial charge in [0, 0.05) is 62.0 Å². The molecule has 0 radical (unpaired) electrons. The van der Waals surface area contributed by atoms with Crippen LogP contribution >= 0.6 is 0 Å². The van der Waals surface area contributed by atoms with Crippen LogP contribution in [0.2, 0.25) is 0 Å². The highest BCUT2D eigenvalue weighted by Gasteiger charge is 2.23. The van der Waals surface area contributed by atoms with E-state index in [4.69, 9.17) is 9.47 Å². The number of rotatable bonds is 9. The van der Waals surface area contributed by atoms with Crippen molar-refractivity contribution >= 4 is 33.9 Å². The highest BCUT2D eigenvalue weighted by molar-refractivity contribution is 6.01. The number of halogens is 2. The molecule has 2 N–H and O–H groups in total. The van der Waals surface area contributed by atoms with Crippen LogP contribution in [0, 0.1) is 11.6 Å². The summed E-state index contributed by atoms with van der Waals surface area (Å²) in [5, 5.41) is 7.45. The molecule has 11 heteroatoms. The minimum Gasteiger partial charge on any atom is -0.494 e. The van der Waals surface area contributed by atoms with Crippen molar-refractivity contribution in [2.75, 3.05) is 58.1 Å². The maximum absolute atomic E-state index is 15.0. The molecule has 2 aromatic carbocycles. The van der Waals surface area contributed by atoms with Crippen molar-refractivity contribution in [3.05, 3.63) is 78.6 Å². The summed E-state index contributed by atoms with van der Waals surface area (Å²) in [6.45, 7) is 8.32. The van der Waals surface area contributed by atoms with E-state index in [-0.39, 0.29) is 28.7 Å². The Hall–Kier alpha value is -4.61. The van der Waals surface area contributed by atoms with Crippen LogP contribution in [0.4, 0.5) is 26.0 Å². The second-order valence-electron chi connectivity index (χ2n) is 10.0. The molecule has 0 atom stereocenters. The summed E-state index contributed by atoms with van der Waals surface area (Å²) >= 11 is 0. The van der Waals surface area contributed by atoms with Crippen LogP contribution in [0.5, 0.6) is 11.5 Å². The standard InChI is InChI=1S/C31H32F2N6O3/c1-5-28(40)37-23-12-19(18-39-10-8-38(2)9-11-39)6-7-22(23)36-27-14-21-16-34-24(13-20(21)17-35-27)29-30(32)25(41-3)15-26(42-4)31(29)33/h5-7,12-17H,1,8-11,18H2,2-4H3,(H,35,36)(H,37,40). The predicted molar refractivity (Wildman–Crippen MR) is 159 cm³/mol. The quantitative estimate of drug-likeness (QED) is 0.264. The number of hydrogen-bond donors (Lipinski definition) is 2. The number of likely N-dealkylation sites (N-methyl/N-ethyl adjacent to an activating group) is 1. The number of benzene rings is 2. The van der Waals surface area contributed by atoms with E-state index in [0.29, 0.717) is 28.0 Å². The molecule has 4 aromatic rings. The van der Waals surface area contributed by atoms with E-state index in [0.717, 1.165) is 44.4 Å². The lowest BCUT2D eigenvalue weighted by Crippen LogP contribution is -2.43. The van der Waals surface area contributed by atoms with Crippen LogP contribution < -0.4 is 20.1 Å². The van der Waals surface area contributed by atoms with Crippen molar-refractivity contribution in [3.8, 4) is 22.8 Å². The molecule has 0 saturated carbocycles. The number of carbonyl (C=O) groups excluding carboxylic acids is 1. The fraction of sp³-hybridized carbons (Fsp3) is 0.258. The molecule has 1 amide bonds. The van der Waals surface area contributed by atoms with Crippen LogP contribution in [0.3, 0.4) is 0 Å². The molecule has 0 aliphatic carbocycles. The van der Waals surface area contributed by atoms with Gasteiger partial charge in [0.2, 0.25) is 5.91 Å². The molecule has 42 heavy (non-hydrogen) atoms. The first-order chi connectivity index (χ1) is 20.3. The van der Waals surface area contributed by atoms with Gasteiger partial charge in [-0.25, -0.2) is 13.8 Å². The molecule has 0 bridgehead atoms. The Morgan fingerprint density at radius 1 is 0.952 bits per heavy atom. The average molecular weight is 575 g/mol. The average Bonchev–Trinajstić information content (AvgIpc) is 2.99. The smallest absolute Gasteiger partial charge is 0.247 e. The van der Waals surface area contributed by atoms with Gasteiger partial charge in [0.1, 0.15) is 5.82 Å². The zero-order valence-electron chi connectivity index (χ0n) is 23.7. The lowest BCUT2D eigenvalue weighted by atomic mass is 10.1. The molecule has 9 nitrogen and oxygen atoms in total. The van der Waals surface area contributed by atoms with Gasteiger partial charge in [-0.2, -0.15) is 0 Å². The third-order valence-corrected chi connectivity index (χ3v) is 7.23. The van der Waals surface area contributed by atoms with Gasteiger partial charge in [-0.1, -0.05) is 12.6 Å². The fourth-order valence-electron chi connectivity index (χ4n) is 4.84. The van der Waals surface area contributed by atoms with Crippen molar-refractivity contribution in [3.63, 3.8) is 0 Å². The van der Waals surface area contributed by atoms with Gasteiger partial charge in [0.15, 0.2) is 23.1 Å². The SMILES string of the molecule is C=CC(=O)Nc1cc(CN2CCN(C)CC2)ccc1Nc1cc2cnc(-c3c(F)c(OC)cc(OC)c3F)cc2cn1. The van der Waals surface area contributed by atoms with E-state index in [2.05, 4.69) is 44.0 Å². The Bertz CT molecular complexity index is 1610. The van der Waals surface area contributed by atoms with E-state index < -0.39 is 11.6 Å². The number of aromatic nitrogens is 2. The minimum atomic E-state index is -0.876. The molecule has 2 aromatic heterocycles. The first-order valence-electron chi connectivity index (χ1n) is 13.4. The van der Waals surface area contributed by atoms with Crippen molar-refractivity contribution in [1.82, 2.24) is 19.8 Å². The Morgan fingerprint density at radius 3 is 2.29 bits per heavy atom. The Labute approximate surface area is 242 Å². The third kappa shape index (κ3) is 6.17. The first kappa shape index (κ1) is 28.9. The molecule has 1 fully saturated rings. The van der Waals surface area contributed by atoms with Crippen molar-refractivity contribution in [1.29, 1.82) is 0 Å². The van der Waals surface area contributed by atoms with E-state index in [9.17, 15) is 4.79 Å². The van der Waals surface area contributed by atoms with Gasteiger partial charge in [-0.3, -0.25) is 14.7 Å². The van der Waals surface area contributed by atoms with Gasteiger partial charge >= 0.3 is 0 Å². The van der Waals surface area contributed by atoms with Gasteiger partial charge in [-0.05, 0) is 43.0 Å². The topological polar surface area (TPSA) is 91.9 Å². The number of carbonyl (C=O) groups is 1. The molecule has 0 spiro atoms. The summed E-state index contributed by atoms with van der Waals surface area (Å²) in [5.41, 5.74) is 2.04. The number of ether oxygens (including phenoxy) is 2. The summed E-state index contributed by atoms with van der Waals surface area (Å²) in [4.78, 5) is 25.7. The Kier molecular flexibility index (Phi) is 8.60. The second-order valence-corrected chi connectivity index (χ2v) is 10.0. The van der Waals surface area contributed by atoms with Crippen LogP contribution in [0.25, 0.3) is 22.0 Å². The van der Waals surface area contributed by atoms with E-state index >= 15 is 8.78 Å². The van der Waals surface area contributed by atoms with E-state index in [1.54, 1.807) is 18.3 Å². The normalized spacial score (nSPS) is 14.0. The molecule has 5 rings (SSSR count). The van der Waals surface area contributed by atoms with Gasteiger partial charge < -0.3 is 25.0 Å². The number of hydrogen-bond acceptors (Lipinski definition) is 8. The zero-order chi connectivity index (χ0) is 29.8. The number of pyridine rings is 2. The van der Waals surface area contributed by atoms with E-state index in [1.807, 2.05) is 18.2 Å². The fourth-order valence-corrected chi connectivity index (χ4v) is 4.84. The summed E-state index contributed by atoms with van der Waals surface area (Å²) in [6.07, 6.45) is 4.32. The number of nitrogens with one attached hydrogen (secondary N) is 2. The summed E-state index contributed by atoms with van der Waals surface area (Å²) in [6, 6.07) is 10.3. The number of methoxy groups -OCH3 is 2. The molecule has 1 saturated heterocycles. The molecule has 1 aliphatic heterocycles. The monoisotopic (exact) mass is 574 g/mol. The maximum Gasteiger partial charge on any atom is 0.247 e. The molecular weight excluding hydrogens is 542 g/mol. The molecular formula is C31H32F2N6O3. The highest BCUT2D eigenvalue weighted by atomic mass is 19.1. The number of anilines is 3. The minimum absolute atomic E-state index is 0.0718. The van der Waals surface area contributed by atoms with Crippen LogP contribution in [0.1, 0.15) is 5.56 Å². The predicted octanol–water partition coefficient (Wildman–Crippen LogP) is 5.21. The lowest BCUT2D eigenvalue weighted by Gasteiger charge is -2.32. The maximum atomic E-state index is 15.0. The lowest BCUT2D eigenvalue weighted by molar-refractivity contribution is -0.111. The van der Waals surface area contributed by atoms with Crippen LogP contribution in [0.15, 0.2) is 61.4 Å². The van der Waals surface area contributed by atoms with Crippen LogP contribution in [-0.4, -0.2) is 73.1 Å². The molecule has 218 valence electrons. The number of fused-ring (bicyclic) bond motifs is 1. The summed E-state index contributed by atoms with van der Waals surface area (Å²) in [5.74, 6) is -1.89. The van der Waals surface area contributed by atoms with Crippen LogP contribution in [-0.2, 0) is 11.3 Å². The van der Waals surface area contributed by atoms with Crippen molar-refractivity contribution in [2.45, 2.75) is 6.54 Å². The zero-order valence-corrected chi connectivity index (χ0v) is 23.7. The molecule has 0 unspecified atom stereocenters. The number of nitrogens with zero attached hydrogens (tertiary/aromatic N) is 4. The summed E-state index contributed by atoms with van der Waals surface area (Å²) < 4.78 is 40.2. The van der Waals surface area contributed by atoms with Crippen molar-refractivity contribution in [2.24, 2.45) is 0 Å². The largest absolute Gasteiger partial charge is 0.494 e. The van der Waals surface area contributed by atoms with Gasteiger partial charge in [0.25, 0.3) is 0 Å². The van der Waals surface area contributed by atoms with Gasteiger partial charge in [-0.15, -0.1) is 0 Å². The number of amides is 1. The summed E-state index contributed by atoms with van der Waals surface area (Å²) in [7, 11) is 4.70. The first-order valence-corrected chi connectivity index (χ1v) is 13.4.